The summed E-state index contributed by atoms with van der Waals surface area (Å²) in [6, 6.07) is 22.2. The van der Waals surface area contributed by atoms with Crippen LogP contribution >= 0.6 is 34.8 Å². The minimum absolute atomic E-state index is 0.201. The fraction of sp³-hybridized carbons (Fsp3) is 0.353. The minimum Gasteiger partial charge on any atom is -0.462 e. The van der Waals surface area contributed by atoms with Gasteiger partial charge in [0.05, 0.1) is 41.1 Å². The van der Waals surface area contributed by atoms with Crippen LogP contribution in [-0.4, -0.2) is 56.2 Å². The smallest absolute Gasteiger partial charge is 0.338 e. The zero-order valence-corrected chi connectivity index (χ0v) is 26.3. The van der Waals surface area contributed by atoms with Crippen molar-refractivity contribution < 1.29 is 14.3 Å². The summed E-state index contributed by atoms with van der Waals surface area (Å²) in [6.07, 6.45) is 5.24. The average Bonchev–Trinajstić information content (AvgIpc) is 3.03. The van der Waals surface area contributed by atoms with E-state index in [1.54, 1.807) is 12.1 Å². The van der Waals surface area contributed by atoms with Crippen LogP contribution < -0.4 is 5.32 Å². The van der Waals surface area contributed by atoms with E-state index in [0.717, 1.165) is 37.2 Å². The highest BCUT2D eigenvalue weighted by atomic mass is 35.5. The highest BCUT2D eigenvalue weighted by Crippen LogP contribution is 2.35. The number of aryl methyl sites for hydroxylation is 1. The van der Waals surface area contributed by atoms with Gasteiger partial charge in [-0.3, -0.25) is 4.99 Å². The lowest BCUT2D eigenvalue weighted by molar-refractivity contribution is -0.139. The van der Waals surface area contributed by atoms with E-state index in [-0.39, 0.29) is 13.2 Å². The number of ether oxygens (including phenoxy) is 2. The lowest BCUT2D eigenvalue weighted by Gasteiger charge is -2.29. The number of esters is 1. The summed E-state index contributed by atoms with van der Waals surface area (Å²) in [6.45, 7) is 4.07. The molecule has 5 rings (SSSR count). The fourth-order valence-corrected chi connectivity index (χ4v) is 5.78. The second-order valence-corrected chi connectivity index (χ2v) is 12.0. The molecule has 0 radical (unpaired) electrons. The van der Waals surface area contributed by atoms with E-state index in [4.69, 9.17) is 49.3 Å². The van der Waals surface area contributed by atoms with Crippen molar-refractivity contribution in [1.29, 1.82) is 0 Å². The molecule has 3 aromatic rings. The Balaban J connectivity index is 1.40. The van der Waals surface area contributed by atoms with Crippen molar-refractivity contribution in [3.05, 3.63) is 116 Å². The predicted octanol–water partition coefficient (Wildman–Crippen LogP) is 7.67. The number of piperidine rings is 1. The van der Waals surface area contributed by atoms with Crippen LogP contribution in [0, 0.1) is 0 Å². The first-order valence-electron chi connectivity index (χ1n) is 14.8. The molecule has 1 N–H and O–H groups in total. The Bertz CT molecular complexity index is 1440. The second-order valence-electron chi connectivity index (χ2n) is 10.8. The van der Waals surface area contributed by atoms with Gasteiger partial charge in [-0.2, -0.15) is 0 Å². The average molecular weight is 641 g/mol. The normalized spacial score (nSPS) is 17.4. The molecule has 9 heteroatoms. The molecule has 1 saturated heterocycles. The van der Waals surface area contributed by atoms with Gasteiger partial charge in [-0.05, 0) is 86.3 Å². The number of amidine groups is 1. The topological polar surface area (TPSA) is 63.2 Å². The highest BCUT2D eigenvalue weighted by Gasteiger charge is 2.33. The first-order chi connectivity index (χ1) is 21.0. The third-order valence-corrected chi connectivity index (χ3v) is 8.65. The van der Waals surface area contributed by atoms with E-state index in [0.29, 0.717) is 45.2 Å². The van der Waals surface area contributed by atoms with Gasteiger partial charge in [0.2, 0.25) is 0 Å². The van der Waals surface area contributed by atoms with Crippen LogP contribution in [0.2, 0.25) is 15.1 Å². The summed E-state index contributed by atoms with van der Waals surface area (Å²) in [5.74, 6) is 0.160. The molecule has 43 heavy (non-hydrogen) atoms. The molecule has 2 heterocycles. The number of carbonyl (C=O) groups excluding carboxylic acids is 1. The van der Waals surface area contributed by atoms with Gasteiger partial charge in [-0.1, -0.05) is 77.6 Å². The van der Waals surface area contributed by atoms with Crippen LogP contribution in [-0.2, 0) is 20.7 Å². The number of hydrogen-bond acceptors (Lipinski definition) is 6. The Morgan fingerprint density at radius 1 is 0.907 bits per heavy atom. The van der Waals surface area contributed by atoms with E-state index < -0.39 is 12.0 Å². The highest BCUT2D eigenvalue weighted by molar-refractivity contribution is 6.42. The zero-order chi connectivity index (χ0) is 30.0. The summed E-state index contributed by atoms with van der Waals surface area (Å²) in [5, 5.41) is 4.82. The van der Waals surface area contributed by atoms with E-state index in [1.807, 2.05) is 48.5 Å². The Morgan fingerprint density at radius 3 is 2.42 bits per heavy atom. The maximum atomic E-state index is 13.8. The van der Waals surface area contributed by atoms with Gasteiger partial charge < -0.3 is 19.7 Å². The molecule has 2 aliphatic heterocycles. The Hall–Kier alpha value is -2.87. The number of rotatable bonds is 12. The maximum absolute atomic E-state index is 13.8. The number of hydrogen-bond donors (Lipinski definition) is 1. The van der Waals surface area contributed by atoms with E-state index in [9.17, 15) is 4.79 Å². The molecule has 0 bridgehead atoms. The molecule has 1 atom stereocenters. The van der Waals surface area contributed by atoms with Gasteiger partial charge in [-0.15, -0.1) is 0 Å². The molecule has 0 aliphatic carbocycles. The quantitative estimate of drug-likeness (QED) is 0.163. The summed E-state index contributed by atoms with van der Waals surface area (Å²) >= 11 is 18.8. The maximum Gasteiger partial charge on any atom is 0.338 e. The van der Waals surface area contributed by atoms with Crippen LogP contribution in [0.1, 0.15) is 48.4 Å². The van der Waals surface area contributed by atoms with Crippen molar-refractivity contribution in [2.45, 2.75) is 38.1 Å². The Kier molecular flexibility index (Phi) is 11.5. The van der Waals surface area contributed by atoms with E-state index >= 15 is 0 Å². The molecule has 6 nitrogen and oxygen atoms in total. The van der Waals surface area contributed by atoms with Crippen molar-refractivity contribution in [3.63, 3.8) is 0 Å². The minimum atomic E-state index is -0.677. The van der Waals surface area contributed by atoms with Crippen LogP contribution in [0.15, 0.2) is 89.1 Å². The summed E-state index contributed by atoms with van der Waals surface area (Å²) in [7, 11) is 0. The van der Waals surface area contributed by atoms with E-state index in [2.05, 4.69) is 22.3 Å². The van der Waals surface area contributed by atoms with Gasteiger partial charge in [0, 0.05) is 17.1 Å². The first kappa shape index (κ1) is 31.6. The van der Waals surface area contributed by atoms with Gasteiger partial charge in [0.15, 0.2) is 0 Å². The molecular weight excluding hydrogens is 605 g/mol. The van der Waals surface area contributed by atoms with Crippen molar-refractivity contribution in [3.8, 4) is 0 Å². The third kappa shape index (κ3) is 8.84. The molecule has 0 saturated carbocycles. The summed E-state index contributed by atoms with van der Waals surface area (Å²) < 4.78 is 12.0. The number of nitrogens with zero attached hydrogens (tertiary/aromatic N) is 2. The van der Waals surface area contributed by atoms with Gasteiger partial charge >= 0.3 is 5.97 Å². The molecule has 1 fully saturated rings. The summed E-state index contributed by atoms with van der Waals surface area (Å²) in [4.78, 5) is 21.2. The van der Waals surface area contributed by atoms with Gasteiger partial charge in [0.25, 0.3) is 0 Å². The number of likely N-dealkylation sites (tertiary alicyclic amines) is 1. The Labute approximate surface area is 268 Å². The number of halogens is 3. The molecular formula is C34H36Cl3N3O3. The second kappa shape index (κ2) is 15.7. The number of carbonyl (C=O) groups is 1. The molecule has 0 amide bonds. The van der Waals surface area contributed by atoms with Crippen LogP contribution in [0.4, 0.5) is 0 Å². The number of aliphatic imine (C=N–C) groups is 1. The molecule has 2 aliphatic rings. The predicted molar refractivity (Wildman–Crippen MR) is 174 cm³/mol. The first-order valence-corrected chi connectivity index (χ1v) is 15.9. The Morgan fingerprint density at radius 2 is 1.67 bits per heavy atom. The zero-order valence-electron chi connectivity index (χ0n) is 24.0. The molecule has 1 unspecified atom stereocenters. The van der Waals surface area contributed by atoms with Crippen molar-refractivity contribution in [1.82, 2.24) is 10.2 Å². The lowest BCUT2D eigenvalue weighted by Crippen LogP contribution is -2.37. The standard InChI is InChI=1S/C34H36Cl3N3O3/c35-27-14-11-25(12-15-27)33-38-30(23-42-21-19-40-17-5-2-6-18-40)31(32(39-33)26-13-16-28(36)29(37)22-26)34(41)43-20-7-10-24-8-3-1-4-9-24/h1,3-4,8-9,11-16,22,32H,2,5-7,10,17-21,23H2,(H,38,39). The molecule has 0 aromatic heterocycles. The van der Waals surface area contributed by atoms with Crippen molar-refractivity contribution in [2.24, 2.45) is 4.99 Å². The monoisotopic (exact) mass is 639 g/mol. The van der Waals surface area contributed by atoms with Gasteiger partial charge in [-0.25, -0.2) is 4.79 Å². The largest absolute Gasteiger partial charge is 0.462 e. The molecule has 0 spiro atoms. The molecule has 226 valence electrons. The van der Waals surface area contributed by atoms with Gasteiger partial charge in [0.1, 0.15) is 11.9 Å². The fourth-order valence-electron chi connectivity index (χ4n) is 5.34. The van der Waals surface area contributed by atoms with Crippen molar-refractivity contribution >= 4 is 46.6 Å². The third-order valence-electron chi connectivity index (χ3n) is 7.66. The van der Waals surface area contributed by atoms with Crippen LogP contribution in [0.5, 0.6) is 0 Å². The summed E-state index contributed by atoms with van der Waals surface area (Å²) in [5.41, 5.74) is 3.77. The lowest BCUT2D eigenvalue weighted by atomic mass is 9.95. The number of nitrogens with one attached hydrogen (secondary N) is 1. The molecule has 3 aromatic carbocycles. The van der Waals surface area contributed by atoms with Crippen LogP contribution in [0.25, 0.3) is 0 Å². The number of benzene rings is 3. The van der Waals surface area contributed by atoms with Crippen LogP contribution in [0.3, 0.4) is 0 Å². The SMILES string of the molecule is O=C(OCCCc1ccccc1)C1=C(COCCN2CCCCC2)NC(c2ccc(Cl)cc2)=NC1c1ccc(Cl)c(Cl)c1. The van der Waals surface area contributed by atoms with Crippen molar-refractivity contribution in [2.75, 3.05) is 39.5 Å². The van der Waals surface area contributed by atoms with E-state index in [1.165, 1.54) is 24.8 Å².